The van der Waals surface area contributed by atoms with Gasteiger partial charge in [0.1, 0.15) is 5.75 Å². The van der Waals surface area contributed by atoms with Crippen LogP contribution in [-0.2, 0) is 16.0 Å². The minimum atomic E-state index is -6.72. The highest BCUT2D eigenvalue weighted by Gasteiger charge is 2.74. The molecule has 0 amide bonds. The molecule has 0 aliphatic heterocycles. The average molecular weight is 524 g/mol. The van der Waals surface area contributed by atoms with Crippen LogP contribution >= 0.6 is 0 Å². The van der Waals surface area contributed by atoms with Crippen molar-refractivity contribution in [3.8, 4) is 5.75 Å². The quantitative estimate of drug-likeness (QED) is 0.297. The summed E-state index contributed by atoms with van der Waals surface area (Å²) in [5.41, 5.74) is -18.8. The Bertz CT molecular complexity index is 825. The number of carbonyl (C=O) groups excluding carboxylic acids is 1. The van der Waals surface area contributed by atoms with E-state index in [1.165, 1.54) is 6.92 Å². The van der Waals surface area contributed by atoms with Gasteiger partial charge < -0.3 is 14.9 Å². The van der Waals surface area contributed by atoms with Crippen LogP contribution in [0.1, 0.15) is 38.3 Å². The molecule has 0 saturated carbocycles. The number of ether oxygens (including phenoxy) is 1. The molecular formula is C18H16F12O4. The lowest BCUT2D eigenvalue weighted by atomic mass is 9.85. The lowest BCUT2D eigenvalue weighted by Crippen LogP contribution is -2.55. The van der Waals surface area contributed by atoms with Crippen LogP contribution in [-0.4, -0.2) is 40.9 Å². The normalized spacial score (nSPS) is 14.9. The third-order valence-corrected chi connectivity index (χ3v) is 5.03. The van der Waals surface area contributed by atoms with Gasteiger partial charge in [-0.1, -0.05) is 6.92 Å². The van der Waals surface area contributed by atoms with Crippen molar-refractivity contribution in [3.63, 3.8) is 0 Å². The van der Waals surface area contributed by atoms with Crippen molar-refractivity contribution in [1.29, 1.82) is 0 Å². The topological polar surface area (TPSA) is 66.8 Å². The van der Waals surface area contributed by atoms with Crippen LogP contribution in [0.3, 0.4) is 0 Å². The van der Waals surface area contributed by atoms with E-state index in [2.05, 4.69) is 4.74 Å². The van der Waals surface area contributed by atoms with Crippen molar-refractivity contribution in [1.82, 2.24) is 0 Å². The van der Waals surface area contributed by atoms with Crippen molar-refractivity contribution in [3.05, 3.63) is 29.3 Å². The first kappa shape index (κ1) is 29.8. The molecule has 0 spiro atoms. The highest BCUT2D eigenvalue weighted by atomic mass is 19.4. The molecule has 16 heteroatoms. The van der Waals surface area contributed by atoms with Crippen molar-refractivity contribution in [2.45, 2.75) is 63.1 Å². The average Bonchev–Trinajstić information content (AvgIpc) is 2.62. The number of aliphatic hydroxyl groups is 2. The van der Waals surface area contributed by atoms with E-state index in [0.29, 0.717) is 0 Å². The maximum atomic E-state index is 13.2. The molecule has 1 rings (SSSR count). The summed E-state index contributed by atoms with van der Waals surface area (Å²) >= 11 is 0. The molecule has 1 aromatic carbocycles. The lowest BCUT2D eigenvalue weighted by molar-refractivity contribution is -0.378. The van der Waals surface area contributed by atoms with Gasteiger partial charge in [-0.05, 0) is 38.5 Å². The van der Waals surface area contributed by atoms with E-state index in [1.54, 1.807) is 0 Å². The Morgan fingerprint density at radius 2 is 1.00 bits per heavy atom. The Morgan fingerprint density at radius 1 is 0.706 bits per heavy atom. The molecule has 0 radical (unpaired) electrons. The van der Waals surface area contributed by atoms with E-state index in [9.17, 15) is 67.7 Å². The molecule has 0 bridgehead atoms. The maximum absolute atomic E-state index is 13.2. The summed E-state index contributed by atoms with van der Waals surface area (Å²) in [6.07, 6.45) is -27.0. The van der Waals surface area contributed by atoms with Crippen LogP contribution in [0.5, 0.6) is 5.75 Å². The number of hydrogen-bond donors (Lipinski definition) is 2. The molecule has 4 nitrogen and oxygen atoms in total. The number of esters is 1. The van der Waals surface area contributed by atoms with Gasteiger partial charge in [0.2, 0.25) is 0 Å². The molecule has 0 saturated heterocycles. The Hall–Kier alpha value is -2.23. The van der Waals surface area contributed by atoms with Crippen molar-refractivity contribution in [2.75, 3.05) is 0 Å². The summed E-state index contributed by atoms with van der Waals surface area (Å²) in [5, 5.41) is 19.0. The number of halogens is 12. The number of benzene rings is 1. The fourth-order valence-corrected chi connectivity index (χ4v) is 2.44. The first-order chi connectivity index (χ1) is 14.8. The second kappa shape index (κ2) is 8.46. The van der Waals surface area contributed by atoms with Gasteiger partial charge in [0.15, 0.2) is 0 Å². The van der Waals surface area contributed by atoms with Crippen LogP contribution < -0.4 is 4.74 Å². The highest BCUT2D eigenvalue weighted by molar-refractivity contribution is 5.78. The highest BCUT2D eigenvalue weighted by Crippen LogP contribution is 2.54. The summed E-state index contributed by atoms with van der Waals surface area (Å²) < 4.78 is 163. The fraction of sp³-hybridized carbons (Fsp3) is 0.611. The predicted octanol–water partition coefficient (Wildman–Crippen LogP) is 5.65. The van der Waals surface area contributed by atoms with Crippen molar-refractivity contribution in [2.24, 2.45) is 5.41 Å². The second-order valence-electron chi connectivity index (χ2n) is 7.78. The van der Waals surface area contributed by atoms with E-state index in [1.807, 2.05) is 0 Å². The number of alkyl halides is 12. The molecule has 1 aromatic rings. The molecule has 0 heterocycles. The molecular weight excluding hydrogens is 508 g/mol. The Morgan fingerprint density at radius 3 is 1.24 bits per heavy atom. The van der Waals surface area contributed by atoms with Crippen molar-refractivity contribution >= 4 is 5.97 Å². The number of carbonyl (C=O) groups is 1. The first-order valence-corrected chi connectivity index (χ1v) is 8.87. The van der Waals surface area contributed by atoms with Gasteiger partial charge >= 0.3 is 30.7 Å². The summed E-state index contributed by atoms with van der Waals surface area (Å²) in [6, 6.07) is -1.77. The van der Waals surface area contributed by atoms with Crippen LogP contribution in [0, 0.1) is 5.41 Å². The molecule has 0 fully saturated rings. The summed E-state index contributed by atoms with van der Waals surface area (Å²) in [4.78, 5) is 12.1. The van der Waals surface area contributed by atoms with E-state index in [4.69, 9.17) is 0 Å². The van der Waals surface area contributed by atoms with Crippen LogP contribution in [0.2, 0.25) is 0 Å². The van der Waals surface area contributed by atoms with Gasteiger partial charge in [0.05, 0.1) is 5.41 Å². The maximum Gasteiger partial charge on any atom is 0.430 e. The lowest BCUT2D eigenvalue weighted by Gasteiger charge is -2.36. The zero-order valence-electron chi connectivity index (χ0n) is 17.2. The molecule has 196 valence electrons. The van der Waals surface area contributed by atoms with Crippen LogP contribution in [0.15, 0.2) is 18.2 Å². The third-order valence-electron chi connectivity index (χ3n) is 5.03. The van der Waals surface area contributed by atoms with E-state index < -0.39 is 82.4 Å². The largest absolute Gasteiger partial charge is 0.430 e. The molecule has 0 aromatic heterocycles. The van der Waals surface area contributed by atoms with Gasteiger partial charge in [-0.2, -0.15) is 52.7 Å². The Balaban J connectivity index is 4.12. The van der Waals surface area contributed by atoms with Gasteiger partial charge in [0.25, 0.3) is 11.2 Å². The minimum Gasteiger partial charge on any atom is -0.426 e. The zero-order valence-corrected chi connectivity index (χ0v) is 17.2. The SMILES string of the molecule is CCC(C)(C)C(=O)Oc1cc(C(O)(C(F)(F)F)C(F)(F)F)cc(C(O)(C(F)(F)F)C(F)(F)F)c1. The summed E-state index contributed by atoms with van der Waals surface area (Å²) in [7, 11) is 0. The van der Waals surface area contributed by atoms with E-state index in [0.717, 1.165) is 13.8 Å². The monoisotopic (exact) mass is 524 g/mol. The standard InChI is InChI=1S/C18H16F12O4/c1-4-12(2,3)11(31)34-10-6-8(13(32,15(19,20)21)16(22,23)24)5-9(7-10)14(33,17(25,26)27)18(28,29)30/h5-7,32-33H,4H2,1-3H3. The van der Waals surface area contributed by atoms with Gasteiger partial charge in [0, 0.05) is 11.1 Å². The number of rotatable bonds is 5. The van der Waals surface area contributed by atoms with Gasteiger partial charge in [-0.15, -0.1) is 0 Å². The molecule has 34 heavy (non-hydrogen) atoms. The van der Waals surface area contributed by atoms with Crippen LogP contribution in [0.4, 0.5) is 52.7 Å². The minimum absolute atomic E-state index is 0.0809. The van der Waals surface area contributed by atoms with Crippen molar-refractivity contribution < 1.29 is 72.4 Å². The molecule has 0 unspecified atom stereocenters. The molecule has 0 atom stereocenters. The Labute approximate surface area is 183 Å². The van der Waals surface area contributed by atoms with Gasteiger partial charge in [-0.3, -0.25) is 4.79 Å². The number of hydrogen-bond acceptors (Lipinski definition) is 4. The zero-order chi connectivity index (χ0) is 27.3. The summed E-state index contributed by atoms with van der Waals surface area (Å²) in [5.74, 6) is -3.11. The van der Waals surface area contributed by atoms with Gasteiger partial charge in [-0.25, -0.2) is 0 Å². The molecule has 0 aliphatic rings. The van der Waals surface area contributed by atoms with Crippen LogP contribution in [0.25, 0.3) is 0 Å². The predicted molar refractivity (Wildman–Crippen MR) is 88.2 cm³/mol. The second-order valence-corrected chi connectivity index (χ2v) is 7.78. The smallest absolute Gasteiger partial charge is 0.426 e. The summed E-state index contributed by atoms with van der Waals surface area (Å²) in [6.45, 7) is 3.65. The van der Waals surface area contributed by atoms with E-state index >= 15 is 0 Å². The first-order valence-electron chi connectivity index (χ1n) is 8.87. The molecule has 2 N–H and O–H groups in total. The third kappa shape index (κ3) is 4.92. The van der Waals surface area contributed by atoms with E-state index in [-0.39, 0.29) is 6.42 Å². The fourth-order valence-electron chi connectivity index (χ4n) is 2.44. The molecule has 0 aliphatic carbocycles. The Kier molecular flexibility index (Phi) is 7.42.